The largest absolute Gasteiger partial charge is 0.352 e. The highest BCUT2D eigenvalue weighted by molar-refractivity contribution is 5.88. The molecule has 0 aromatic carbocycles. The van der Waals surface area contributed by atoms with E-state index in [-0.39, 0.29) is 6.03 Å². The fraction of sp³-hybridized carbons (Fsp3) is 0.389. The number of pyridine rings is 1. The van der Waals surface area contributed by atoms with Crippen LogP contribution in [0.1, 0.15) is 30.0 Å². The van der Waals surface area contributed by atoms with Crippen LogP contribution in [0, 0.1) is 11.3 Å². The fourth-order valence-electron chi connectivity index (χ4n) is 3.05. The number of carbonyl (C=O) groups excluding carboxylic acids is 1. The molecular formula is C18H19N7O. The van der Waals surface area contributed by atoms with Gasteiger partial charge in [-0.2, -0.15) is 10.4 Å². The summed E-state index contributed by atoms with van der Waals surface area (Å²) < 4.78 is 0. The van der Waals surface area contributed by atoms with Crippen LogP contribution in [-0.4, -0.2) is 52.3 Å². The van der Waals surface area contributed by atoms with Crippen molar-refractivity contribution >= 4 is 17.7 Å². The molecular weight excluding hydrogens is 330 g/mol. The van der Waals surface area contributed by atoms with Crippen LogP contribution >= 0.6 is 0 Å². The first kappa shape index (κ1) is 16.3. The molecule has 8 nitrogen and oxygen atoms in total. The molecule has 132 valence electrons. The number of hydrogen-bond donors (Lipinski definition) is 1. The van der Waals surface area contributed by atoms with Gasteiger partial charge in [0.05, 0.1) is 11.3 Å². The molecule has 2 aliphatic rings. The van der Waals surface area contributed by atoms with Gasteiger partial charge in [0.2, 0.25) is 0 Å². The Morgan fingerprint density at radius 3 is 2.62 bits per heavy atom. The third-order valence-electron chi connectivity index (χ3n) is 4.69. The van der Waals surface area contributed by atoms with Crippen molar-refractivity contribution in [2.24, 2.45) is 0 Å². The molecule has 1 aliphatic heterocycles. The lowest BCUT2D eigenvalue weighted by Crippen LogP contribution is -2.50. The van der Waals surface area contributed by atoms with Crippen LogP contribution in [0.15, 0.2) is 30.5 Å². The molecule has 1 saturated heterocycles. The molecule has 1 aliphatic carbocycles. The molecule has 3 heterocycles. The Morgan fingerprint density at radius 1 is 1.15 bits per heavy atom. The van der Waals surface area contributed by atoms with Gasteiger partial charge >= 0.3 is 6.03 Å². The first-order chi connectivity index (χ1) is 12.7. The molecule has 0 atom stereocenters. The minimum atomic E-state index is -0.181. The molecule has 1 saturated carbocycles. The van der Waals surface area contributed by atoms with E-state index in [1.165, 1.54) is 12.8 Å². The lowest BCUT2D eigenvalue weighted by molar-refractivity contribution is 0.208. The lowest BCUT2D eigenvalue weighted by Gasteiger charge is -2.35. The third-order valence-corrected chi connectivity index (χ3v) is 4.69. The second-order valence-corrected chi connectivity index (χ2v) is 6.51. The van der Waals surface area contributed by atoms with E-state index in [1.54, 1.807) is 23.2 Å². The Bertz CT molecular complexity index is 833. The Morgan fingerprint density at radius 2 is 1.96 bits per heavy atom. The molecule has 0 unspecified atom stereocenters. The summed E-state index contributed by atoms with van der Waals surface area (Å²) in [5.41, 5.74) is 1.55. The summed E-state index contributed by atoms with van der Waals surface area (Å²) in [6, 6.07) is 9.23. The Hall–Kier alpha value is -3.21. The number of rotatable bonds is 3. The predicted octanol–water partition coefficient (Wildman–Crippen LogP) is 1.97. The minimum Gasteiger partial charge on any atom is -0.352 e. The van der Waals surface area contributed by atoms with Crippen LogP contribution in [-0.2, 0) is 0 Å². The molecule has 2 aromatic rings. The average Bonchev–Trinajstić information content (AvgIpc) is 3.54. The van der Waals surface area contributed by atoms with E-state index < -0.39 is 0 Å². The van der Waals surface area contributed by atoms with Gasteiger partial charge in [-0.3, -0.25) is 5.32 Å². The number of anilines is 2. The zero-order valence-electron chi connectivity index (χ0n) is 14.3. The van der Waals surface area contributed by atoms with E-state index in [0.717, 1.165) is 5.69 Å². The zero-order valence-corrected chi connectivity index (χ0v) is 14.3. The lowest BCUT2D eigenvalue weighted by atomic mass is 10.2. The summed E-state index contributed by atoms with van der Waals surface area (Å²) in [5, 5.41) is 20.3. The van der Waals surface area contributed by atoms with E-state index in [4.69, 9.17) is 0 Å². The van der Waals surface area contributed by atoms with Crippen LogP contribution in [0.3, 0.4) is 0 Å². The Kier molecular flexibility index (Phi) is 4.35. The van der Waals surface area contributed by atoms with Crippen molar-refractivity contribution in [3.63, 3.8) is 0 Å². The highest BCUT2D eigenvalue weighted by atomic mass is 16.2. The summed E-state index contributed by atoms with van der Waals surface area (Å²) in [4.78, 5) is 20.5. The molecule has 0 spiro atoms. The van der Waals surface area contributed by atoms with Crippen molar-refractivity contribution in [3.05, 3.63) is 41.7 Å². The topological polar surface area (TPSA) is 98.0 Å². The summed E-state index contributed by atoms with van der Waals surface area (Å²) >= 11 is 0. The van der Waals surface area contributed by atoms with Crippen LogP contribution in [0.4, 0.5) is 16.4 Å². The first-order valence-electron chi connectivity index (χ1n) is 8.74. The predicted molar refractivity (Wildman–Crippen MR) is 95.8 cm³/mol. The van der Waals surface area contributed by atoms with E-state index in [0.29, 0.717) is 49.3 Å². The number of nitriles is 1. The Labute approximate surface area is 151 Å². The molecule has 2 aromatic heterocycles. The third kappa shape index (κ3) is 3.42. The van der Waals surface area contributed by atoms with Crippen LogP contribution < -0.4 is 10.2 Å². The van der Waals surface area contributed by atoms with Gasteiger partial charge in [-0.25, -0.2) is 9.78 Å². The van der Waals surface area contributed by atoms with Crippen molar-refractivity contribution < 1.29 is 4.79 Å². The zero-order chi connectivity index (χ0) is 17.9. The van der Waals surface area contributed by atoms with E-state index in [2.05, 4.69) is 26.6 Å². The molecule has 8 heteroatoms. The number of nitrogens with zero attached hydrogens (tertiary/aromatic N) is 6. The summed E-state index contributed by atoms with van der Waals surface area (Å²) in [5.74, 6) is 1.69. The monoisotopic (exact) mass is 349 g/mol. The fourth-order valence-corrected chi connectivity index (χ4v) is 3.05. The van der Waals surface area contributed by atoms with Crippen molar-refractivity contribution in [2.75, 3.05) is 36.4 Å². The van der Waals surface area contributed by atoms with Crippen LogP contribution in [0.2, 0.25) is 0 Å². The van der Waals surface area contributed by atoms with Gasteiger partial charge in [-0.05, 0) is 37.1 Å². The smallest absolute Gasteiger partial charge is 0.323 e. The van der Waals surface area contributed by atoms with E-state index in [9.17, 15) is 10.1 Å². The minimum absolute atomic E-state index is 0.181. The van der Waals surface area contributed by atoms with E-state index >= 15 is 0 Å². The number of nitrogens with one attached hydrogen (secondary N) is 1. The van der Waals surface area contributed by atoms with Crippen LogP contribution in [0.5, 0.6) is 0 Å². The number of urea groups is 1. The average molecular weight is 349 g/mol. The standard InChI is InChI=1S/C18H19N7O/c19-12-14-2-1-7-20-17(14)24-8-10-25(11-9-24)18(26)21-16-6-5-15(22-23-16)13-3-4-13/h1-2,5-7,13H,3-4,8-11H2,(H,21,23,26). The normalized spacial score (nSPS) is 16.9. The van der Waals surface area contributed by atoms with Gasteiger partial charge in [0.15, 0.2) is 5.82 Å². The number of aromatic nitrogens is 3. The molecule has 1 N–H and O–H groups in total. The number of hydrogen-bond acceptors (Lipinski definition) is 6. The highest BCUT2D eigenvalue weighted by Gasteiger charge is 2.26. The number of piperazine rings is 1. The van der Waals surface area contributed by atoms with E-state index in [1.807, 2.05) is 17.0 Å². The quantitative estimate of drug-likeness (QED) is 0.910. The second kappa shape index (κ2) is 6.96. The van der Waals surface area contributed by atoms with Gasteiger partial charge in [-0.15, -0.1) is 5.10 Å². The van der Waals surface area contributed by atoms with Crippen LogP contribution in [0.25, 0.3) is 0 Å². The maximum Gasteiger partial charge on any atom is 0.323 e. The summed E-state index contributed by atoms with van der Waals surface area (Å²) in [6.07, 6.45) is 4.03. The highest BCUT2D eigenvalue weighted by Crippen LogP contribution is 2.38. The first-order valence-corrected chi connectivity index (χ1v) is 8.74. The molecule has 2 fully saturated rings. The molecule has 0 bridgehead atoms. The second-order valence-electron chi connectivity index (χ2n) is 6.51. The Balaban J connectivity index is 1.34. The van der Waals surface area contributed by atoms with Crippen molar-refractivity contribution in [3.8, 4) is 6.07 Å². The SMILES string of the molecule is N#Cc1cccnc1N1CCN(C(=O)Nc2ccc(C3CC3)nn2)CC1. The van der Waals surface area contributed by atoms with Gasteiger partial charge in [-0.1, -0.05) is 0 Å². The molecule has 2 amide bonds. The molecule has 4 rings (SSSR count). The van der Waals surface area contributed by atoms with Gasteiger partial charge in [0.25, 0.3) is 0 Å². The molecule has 0 radical (unpaired) electrons. The van der Waals surface area contributed by atoms with Crippen molar-refractivity contribution in [2.45, 2.75) is 18.8 Å². The van der Waals surface area contributed by atoms with Crippen molar-refractivity contribution in [1.82, 2.24) is 20.1 Å². The van der Waals surface area contributed by atoms with Gasteiger partial charge in [0, 0.05) is 38.3 Å². The number of carbonyl (C=O) groups is 1. The van der Waals surface area contributed by atoms with Gasteiger partial charge in [0.1, 0.15) is 11.9 Å². The van der Waals surface area contributed by atoms with Crippen molar-refractivity contribution in [1.29, 1.82) is 5.26 Å². The van der Waals surface area contributed by atoms with Gasteiger partial charge < -0.3 is 9.80 Å². The molecule has 26 heavy (non-hydrogen) atoms. The maximum absolute atomic E-state index is 12.4. The maximum atomic E-state index is 12.4. The number of amides is 2. The summed E-state index contributed by atoms with van der Waals surface area (Å²) in [6.45, 7) is 2.37. The summed E-state index contributed by atoms with van der Waals surface area (Å²) in [7, 11) is 0.